The van der Waals surface area contributed by atoms with Crippen LogP contribution in [0.4, 0.5) is 5.82 Å². The number of carbonyl (C=O) groups is 4. The maximum absolute atomic E-state index is 12.9. The summed E-state index contributed by atoms with van der Waals surface area (Å²) in [6.07, 6.45) is -0.0907. The van der Waals surface area contributed by atoms with Crippen molar-refractivity contribution in [3.63, 3.8) is 0 Å². The predicted molar refractivity (Wildman–Crippen MR) is 550 cm³/mol. The van der Waals surface area contributed by atoms with Crippen molar-refractivity contribution >= 4 is 100 Å². The second-order valence-corrected chi connectivity index (χ2v) is 41.7. The van der Waals surface area contributed by atoms with Crippen LogP contribution in [0.2, 0.25) is 0 Å². The smallest absolute Gasteiger partial charge is 0.394 e. The second-order valence-electron chi connectivity index (χ2n) is 38.6. The Hall–Kier alpha value is -13.5. The Kier molecular flexibility index (Phi) is 36.5. The zero-order valence-corrected chi connectivity index (χ0v) is 86.9. The first-order chi connectivity index (χ1) is 70.8. The van der Waals surface area contributed by atoms with Crippen molar-refractivity contribution in [2.24, 2.45) is 24.8 Å². The van der Waals surface area contributed by atoms with E-state index in [2.05, 4.69) is 120 Å². The van der Waals surface area contributed by atoms with Crippen molar-refractivity contribution in [3.8, 4) is 34.6 Å². The van der Waals surface area contributed by atoms with Gasteiger partial charge in [0.15, 0.2) is 69.5 Å². The number of hydrogen-bond donors (Lipinski definition) is 16. The number of nitrogens with zero attached hydrogens (tertiary/aromatic N) is 15. The summed E-state index contributed by atoms with van der Waals surface area (Å²) in [7, 11) is -9.25. The Morgan fingerprint density at radius 1 is 0.533 bits per heavy atom. The number of nitrogens with one attached hydrogen (secondary N) is 4. The lowest BCUT2D eigenvalue weighted by Gasteiger charge is -2.26. The molecule has 2 amide bonds. The first-order valence-electron chi connectivity index (χ1n) is 48.5. The first kappa shape index (κ1) is 114. The minimum Gasteiger partial charge on any atom is -0.394 e. The maximum atomic E-state index is 12.9. The van der Waals surface area contributed by atoms with Gasteiger partial charge in [-0.3, -0.25) is 67.4 Å². The van der Waals surface area contributed by atoms with E-state index in [1.54, 1.807) is 68.8 Å². The largest absolute Gasteiger partial charge is 0.481 e. The fourth-order valence-corrected chi connectivity index (χ4v) is 19.6. The van der Waals surface area contributed by atoms with Gasteiger partial charge in [0.05, 0.1) is 95.5 Å². The van der Waals surface area contributed by atoms with Crippen LogP contribution in [0.15, 0.2) is 137 Å². The molecule has 17 N–H and O–H groups in total. The van der Waals surface area contributed by atoms with E-state index in [1.807, 2.05) is 82.9 Å². The van der Waals surface area contributed by atoms with Crippen LogP contribution >= 0.6 is 15.6 Å². The summed E-state index contributed by atoms with van der Waals surface area (Å²) < 4.78 is 49.7. The molecule has 47 nitrogen and oxygen atoms in total. The summed E-state index contributed by atoms with van der Waals surface area (Å²) in [5, 5.41) is 94.1. The summed E-state index contributed by atoms with van der Waals surface area (Å²) in [6.45, 7) is 24.9. The Balaban J connectivity index is 0.000000166. The molecule has 8 aromatic rings. The van der Waals surface area contributed by atoms with E-state index >= 15 is 0 Å². The number of carbonyl (C=O) groups excluding carboxylic acids is 4. The van der Waals surface area contributed by atoms with Gasteiger partial charge in [-0.2, -0.15) is 19.3 Å². The Labute approximate surface area is 855 Å². The zero-order valence-electron chi connectivity index (χ0n) is 85.1. The SMILES string of the molecule is CC1=C(C/C=C(/C)CCCC(C)CCCC(C)CCCC(C)C)C(=O)c2ccccc2C1=O.Cc1cc2nc3c(=O)[nH]c(=O)nc-3n(C)c2cc1C.Cc1cc2nc3c(=O)[nH]c(=O)nc-3n(CC(O)C(O)C(O)CO)c2cc1C.Cc1cc2nc3c(=O)[nH]c(=O)nc-3n(CC(O)C(O)C(O)COP(=O)(O)OP(=O)(O)OC[C@H]3O[C@@H](n4cnc5c(N)ncnc54)[C@@H](O)C3O)c2cc1C.Cc1cc2nc3c(nc2cc1C)C(=O)NC(=O)C3. The molecule has 0 radical (unpaired) electrons. The minimum atomic E-state index is -5.54. The van der Waals surface area contributed by atoms with E-state index in [0.29, 0.717) is 67.8 Å². The number of allylic oxidation sites excluding steroid dienone is 4. The van der Waals surface area contributed by atoms with Gasteiger partial charge in [0.25, 0.3) is 22.6 Å². The molecule has 14 atom stereocenters. The lowest BCUT2D eigenvalue weighted by atomic mass is 9.83. The third kappa shape index (κ3) is 26.7. The monoisotopic (exact) mass is 2110 g/mol. The van der Waals surface area contributed by atoms with Gasteiger partial charge in [0, 0.05) is 29.3 Å². The van der Waals surface area contributed by atoms with E-state index in [9.17, 15) is 108 Å². The van der Waals surface area contributed by atoms with Crippen LogP contribution in [0.3, 0.4) is 0 Å². The summed E-state index contributed by atoms with van der Waals surface area (Å²) in [5.41, 5.74) is 18.0. The van der Waals surface area contributed by atoms with Crippen LogP contribution in [0.1, 0.15) is 193 Å². The number of anilines is 1. The van der Waals surface area contributed by atoms with Crippen LogP contribution < -0.4 is 44.8 Å². The first-order valence-corrected chi connectivity index (χ1v) is 51.5. The van der Waals surface area contributed by atoms with Crippen LogP contribution in [0.5, 0.6) is 0 Å². The Morgan fingerprint density at radius 3 is 1.50 bits per heavy atom. The molecule has 1 saturated heterocycles. The lowest BCUT2D eigenvalue weighted by molar-refractivity contribution is -0.119. The third-order valence-corrected chi connectivity index (χ3v) is 29.4. The summed E-state index contributed by atoms with van der Waals surface area (Å²) >= 11 is 0. The van der Waals surface area contributed by atoms with Crippen LogP contribution in [-0.2, 0) is 58.6 Å². The number of fused-ring (bicyclic) bond motifs is 10. The number of aliphatic hydroxyl groups excluding tert-OH is 9. The normalized spacial score (nSPS) is 17.7. The van der Waals surface area contributed by atoms with Gasteiger partial charge in [-0.25, -0.2) is 63.4 Å². The molecule has 1 aliphatic carbocycles. The van der Waals surface area contributed by atoms with Gasteiger partial charge >= 0.3 is 32.7 Å². The van der Waals surface area contributed by atoms with Crippen LogP contribution in [-0.4, -0.2) is 242 Å². The number of nitrogens with two attached hydrogens (primary N) is 1. The molecule has 11 heterocycles. The van der Waals surface area contributed by atoms with E-state index in [1.165, 1.54) is 77.0 Å². The number of hydrogen-bond acceptors (Lipinski definition) is 37. The number of benzene rings is 5. The molecule has 49 heteroatoms. The molecule has 0 spiro atoms. The van der Waals surface area contributed by atoms with Crippen molar-refractivity contribution < 1.29 is 102 Å². The Bertz CT molecular complexity index is 7930. The molecule has 0 bridgehead atoms. The number of aliphatic hydroxyl groups is 9. The maximum Gasteiger partial charge on any atom is 0.481 e. The quantitative estimate of drug-likeness (QED) is 0.00891. The number of phosphoric acid groups is 2. The van der Waals surface area contributed by atoms with E-state index < -0.39 is 143 Å². The minimum absolute atomic E-state index is 0.00526. The molecule has 5 aromatic carbocycles. The molecule has 0 saturated carbocycles. The van der Waals surface area contributed by atoms with Crippen molar-refractivity contribution in [1.29, 1.82) is 0 Å². The number of nitrogen functional groups attached to an aromatic ring is 1. The van der Waals surface area contributed by atoms with Crippen LogP contribution in [0.25, 0.3) is 89.9 Å². The topological polar surface area (TPSA) is 711 Å². The number of ether oxygens (including phenoxy) is 1. The highest BCUT2D eigenvalue weighted by Gasteiger charge is 2.47. The highest BCUT2D eigenvalue weighted by atomic mass is 31.3. The third-order valence-electron chi connectivity index (χ3n) is 26.8. The van der Waals surface area contributed by atoms with Crippen molar-refractivity contribution in [1.82, 2.24) is 93.4 Å². The molecule has 8 aliphatic heterocycles. The molecule has 3 aromatic heterocycles. The number of amides is 2. The number of aryl methyl sites for hydroxylation is 9. The molecule has 150 heavy (non-hydrogen) atoms. The standard InChI is InChI=1S/C31H46O2.C27H33N9O15P2.C17H20N4O6.C13H12N4O2.C13H11N3O2/c1-22(2)12-9-13-23(3)14-10-15-24(4)16-11-17-25(5)20-21-27-26(6)30(32)28-18-7-8-19-29(28)31(27)33;1-10-3-12-13(4-11(10)2)35(24-18(32-12)25(42)34-27(43)33-24)5-14(37)19(39)15(38)6-48-52(44,45)51-53(46,47)49-7-16-20(40)21(41)26(50-16)36-9-31-17-22(28)29-8-30-23(17)36;1-7-3-9-10(4-8(7)2)21(5-11(23)14(25)12(24)6-22)15-13(18-9)16(26)20-17(27)19-15;1-6-4-8-9(5-7(6)2)17(3)11-10(14-8)12(18)16-13(19)15-11;1-6-3-8-9(4-7(6)2)15-12-10(14-8)5-11(17)16-13(12)18/h7-8,18-20,22-24H,9-17,21H2,1-6H3;3-4,8-9,14-16,19-21,26,37-41H,5-7H2,1-2H3,(H,44,45)(H,46,47)(H2,28,29,30)(H,34,42,43);3-4,11-12,14,22-25H,5-6H2,1-2H3,(H,20,26,27);4-5H,1-3H3,(H,16,18,19);3-4H,5H2,1-2H3,(H,16,17,18)/b25-20-;;;;/t;14?,15?,16-,19?,20?,21+,26-;;;/m.1.../s1. The lowest BCUT2D eigenvalue weighted by Crippen LogP contribution is -2.42. The molecular weight excluding hydrogens is 1990 g/mol. The van der Waals surface area contributed by atoms with E-state index in [0.717, 1.165) is 86.0 Å². The summed E-state index contributed by atoms with van der Waals surface area (Å²) in [6, 6.07) is 21.7. The molecular formula is C101H122N20O27P2. The predicted octanol–water partition coefficient (Wildman–Crippen LogP) is 6.81. The van der Waals surface area contributed by atoms with Crippen molar-refractivity contribution in [3.05, 3.63) is 238 Å². The molecule has 9 aliphatic rings. The van der Waals surface area contributed by atoms with Crippen molar-refractivity contribution in [2.45, 2.75) is 242 Å². The van der Waals surface area contributed by atoms with Gasteiger partial charge in [0.1, 0.15) is 66.8 Å². The van der Waals surface area contributed by atoms with Gasteiger partial charge in [0.2, 0.25) is 5.91 Å². The fourth-order valence-electron chi connectivity index (χ4n) is 17.5. The zero-order chi connectivity index (χ0) is 109. The number of aromatic nitrogens is 18. The van der Waals surface area contributed by atoms with Gasteiger partial charge in [-0.1, -0.05) is 109 Å². The summed E-state index contributed by atoms with van der Waals surface area (Å²) in [4.78, 5) is 191. The molecule has 1 fully saturated rings. The number of imide groups is 1. The van der Waals surface area contributed by atoms with E-state index in [4.69, 9.17) is 20.1 Å². The van der Waals surface area contributed by atoms with Gasteiger partial charge in [-0.15, -0.1) is 0 Å². The number of Topliss-reactive ketones (excluding diaryl/α,β-unsaturated/α-hetero) is 2. The number of rotatable bonds is 32. The van der Waals surface area contributed by atoms with Crippen molar-refractivity contribution in [2.75, 3.05) is 25.6 Å². The molecule has 17 rings (SSSR count). The average Bonchev–Trinajstić information content (AvgIpc) is 1.22. The fraction of sp³-hybridized carbons (Fsp3) is 0.436. The number of ketones is 2. The number of imidazole rings is 1. The average molecular weight is 2110 g/mol. The van der Waals surface area contributed by atoms with Crippen LogP contribution in [0, 0.1) is 73.1 Å². The number of aromatic amines is 3. The number of phosphoric ester groups is 2. The van der Waals surface area contributed by atoms with Gasteiger partial charge < -0.3 is 79.9 Å². The molecule has 798 valence electrons. The highest BCUT2D eigenvalue weighted by molar-refractivity contribution is 7.61. The molecule has 11 unspecified atom stereocenters. The Morgan fingerprint density at radius 2 is 0.980 bits per heavy atom. The van der Waals surface area contributed by atoms with Gasteiger partial charge in [-0.05, 0) is 199 Å². The highest BCUT2D eigenvalue weighted by Crippen LogP contribution is 2.61. The summed E-state index contributed by atoms with van der Waals surface area (Å²) in [5.74, 6) is 1.72. The second kappa shape index (κ2) is 48.2. The van der Waals surface area contributed by atoms with E-state index in [-0.39, 0.29) is 87.4 Å². The number of H-pyrrole nitrogens is 3.